The van der Waals surface area contributed by atoms with Crippen molar-refractivity contribution < 1.29 is 4.92 Å². The smallest absolute Gasteiger partial charge is 0.311 e. The highest BCUT2D eigenvalue weighted by Crippen LogP contribution is 2.30. The molecular formula is C12H19N5O2. The number of rotatable bonds is 5. The Labute approximate surface area is 111 Å². The number of nitrogens with zero attached hydrogens (tertiary/aromatic N) is 3. The van der Waals surface area contributed by atoms with Gasteiger partial charge in [0.1, 0.15) is 5.82 Å². The molecule has 2 rings (SSSR count). The van der Waals surface area contributed by atoms with Crippen LogP contribution in [0, 0.1) is 16.0 Å². The van der Waals surface area contributed by atoms with Crippen LogP contribution in [0.5, 0.6) is 0 Å². The fraction of sp³-hybridized carbons (Fsp3) is 0.583. The van der Waals surface area contributed by atoms with Crippen LogP contribution in [0.2, 0.25) is 0 Å². The Morgan fingerprint density at radius 1 is 1.53 bits per heavy atom. The fourth-order valence-corrected chi connectivity index (χ4v) is 2.61. The van der Waals surface area contributed by atoms with Crippen LogP contribution in [0.4, 0.5) is 17.3 Å². The molecule has 0 atom stereocenters. The van der Waals surface area contributed by atoms with Gasteiger partial charge in [0.15, 0.2) is 0 Å². The summed E-state index contributed by atoms with van der Waals surface area (Å²) in [5.74, 6) is 6.70. The summed E-state index contributed by atoms with van der Waals surface area (Å²) in [6.07, 6.45) is 4.87. The van der Waals surface area contributed by atoms with E-state index in [0.29, 0.717) is 17.6 Å². The van der Waals surface area contributed by atoms with Gasteiger partial charge in [-0.05, 0) is 24.8 Å². The summed E-state index contributed by atoms with van der Waals surface area (Å²) in [6.45, 7) is 0.794. The van der Waals surface area contributed by atoms with Crippen molar-refractivity contribution in [3.63, 3.8) is 0 Å². The van der Waals surface area contributed by atoms with Gasteiger partial charge in [0.2, 0.25) is 5.82 Å². The molecule has 0 aliphatic heterocycles. The van der Waals surface area contributed by atoms with Crippen LogP contribution in [0.15, 0.2) is 12.1 Å². The summed E-state index contributed by atoms with van der Waals surface area (Å²) in [5, 5.41) is 11.1. The Kier molecular flexibility index (Phi) is 4.16. The number of nitrogens with one attached hydrogen (secondary N) is 1. The first kappa shape index (κ1) is 13.5. The summed E-state index contributed by atoms with van der Waals surface area (Å²) in [6, 6.07) is 2.94. The van der Waals surface area contributed by atoms with Crippen LogP contribution in [-0.4, -0.2) is 23.5 Å². The Balaban J connectivity index is 2.21. The van der Waals surface area contributed by atoms with Crippen molar-refractivity contribution in [2.75, 3.05) is 23.9 Å². The molecule has 1 saturated carbocycles. The molecule has 1 heterocycles. The number of nitro groups is 1. The van der Waals surface area contributed by atoms with Gasteiger partial charge in [0, 0.05) is 19.7 Å². The Hall–Kier alpha value is -1.89. The molecule has 0 spiro atoms. The zero-order valence-electron chi connectivity index (χ0n) is 11.0. The molecule has 104 valence electrons. The van der Waals surface area contributed by atoms with Gasteiger partial charge in [-0.1, -0.05) is 12.8 Å². The molecule has 1 aliphatic carbocycles. The predicted octanol–water partition coefficient (Wildman–Crippen LogP) is 1.90. The average molecular weight is 265 g/mol. The largest absolute Gasteiger partial charge is 0.354 e. The van der Waals surface area contributed by atoms with E-state index >= 15 is 0 Å². The Bertz CT molecular complexity index is 459. The predicted molar refractivity (Wildman–Crippen MR) is 73.9 cm³/mol. The van der Waals surface area contributed by atoms with Crippen molar-refractivity contribution in [2.45, 2.75) is 25.7 Å². The molecule has 1 aromatic rings. The Morgan fingerprint density at radius 3 is 2.79 bits per heavy atom. The van der Waals surface area contributed by atoms with E-state index in [0.717, 1.165) is 6.54 Å². The minimum absolute atomic E-state index is 0.0134. The second kappa shape index (κ2) is 5.83. The Morgan fingerprint density at radius 2 is 2.21 bits per heavy atom. The van der Waals surface area contributed by atoms with Crippen LogP contribution in [0.1, 0.15) is 25.7 Å². The number of hydrazine groups is 1. The molecule has 0 bridgehead atoms. The quantitative estimate of drug-likeness (QED) is 0.479. The lowest BCUT2D eigenvalue weighted by Crippen LogP contribution is -2.26. The van der Waals surface area contributed by atoms with E-state index in [2.05, 4.69) is 10.4 Å². The second-order valence-electron chi connectivity index (χ2n) is 4.97. The van der Waals surface area contributed by atoms with Crippen molar-refractivity contribution >= 4 is 17.3 Å². The van der Waals surface area contributed by atoms with Crippen LogP contribution in [0.3, 0.4) is 0 Å². The topological polar surface area (TPSA) is 97.3 Å². The highest BCUT2D eigenvalue weighted by Gasteiger charge is 2.23. The fourth-order valence-electron chi connectivity index (χ4n) is 2.61. The normalized spacial score (nSPS) is 15.5. The SMILES string of the molecule is CN(CC1CCCC1)c1nc(NN)ccc1[N+](=O)[O-]. The minimum Gasteiger partial charge on any atom is -0.354 e. The number of aromatic nitrogens is 1. The van der Waals surface area contributed by atoms with Crippen molar-refractivity contribution in [3.8, 4) is 0 Å². The third-order valence-corrected chi connectivity index (χ3v) is 3.57. The maximum Gasteiger partial charge on any atom is 0.311 e. The van der Waals surface area contributed by atoms with Crippen LogP contribution < -0.4 is 16.2 Å². The molecule has 1 fully saturated rings. The summed E-state index contributed by atoms with van der Waals surface area (Å²) in [7, 11) is 1.84. The number of nitrogens with two attached hydrogens (primary N) is 1. The van der Waals surface area contributed by atoms with Crippen molar-refractivity contribution in [3.05, 3.63) is 22.2 Å². The van der Waals surface area contributed by atoms with E-state index in [1.54, 1.807) is 0 Å². The van der Waals surface area contributed by atoms with Crippen LogP contribution in [0.25, 0.3) is 0 Å². The van der Waals surface area contributed by atoms with E-state index in [9.17, 15) is 10.1 Å². The minimum atomic E-state index is -0.409. The molecule has 0 saturated heterocycles. The van der Waals surface area contributed by atoms with Crippen molar-refractivity contribution in [2.24, 2.45) is 11.8 Å². The number of pyridine rings is 1. The van der Waals surface area contributed by atoms with E-state index < -0.39 is 4.92 Å². The van der Waals surface area contributed by atoms with E-state index in [1.807, 2.05) is 11.9 Å². The molecule has 1 aliphatic rings. The molecule has 1 aromatic heterocycles. The summed E-state index contributed by atoms with van der Waals surface area (Å²) < 4.78 is 0. The second-order valence-corrected chi connectivity index (χ2v) is 4.97. The van der Waals surface area contributed by atoms with Gasteiger partial charge in [0.05, 0.1) is 4.92 Å². The monoisotopic (exact) mass is 265 g/mol. The highest BCUT2D eigenvalue weighted by atomic mass is 16.6. The highest BCUT2D eigenvalue weighted by molar-refractivity contribution is 5.61. The number of hydrogen-bond donors (Lipinski definition) is 2. The zero-order valence-corrected chi connectivity index (χ0v) is 11.0. The van der Waals surface area contributed by atoms with Gasteiger partial charge in [-0.15, -0.1) is 0 Å². The first-order valence-corrected chi connectivity index (χ1v) is 6.45. The molecule has 19 heavy (non-hydrogen) atoms. The molecule has 0 unspecified atom stereocenters. The molecule has 0 aromatic carbocycles. The first-order valence-electron chi connectivity index (χ1n) is 6.45. The molecule has 0 radical (unpaired) electrons. The maximum atomic E-state index is 11.1. The zero-order chi connectivity index (χ0) is 13.8. The average Bonchev–Trinajstić information content (AvgIpc) is 2.90. The lowest BCUT2D eigenvalue weighted by molar-refractivity contribution is -0.384. The third kappa shape index (κ3) is 3.11. The third-order valence-electron chi connectivity index (χ3n) is 3.57. The van der Waals surface area contributed by atoms with Crippen molar-refractivity contribution in [1.29, 1.82) is 0 Å². The number of nitrogen functional groups attached to an aromatic ring is 1. The van der Waals surface area contributed by atoms with Gasteiger partial charge in [-0.2, -0.15) is 0 Å². The summed E-state index contributed by atoms with van der Waals surface area (Å²) in [4.78, 5) is 16.7. The van der Waals surface area contributed by atoms with E-state index in [4.69, 9.17) is 5.84 Å². The molecule has 3 N–H and O–H groups in total. The molecule has 0 amide bonds. The number of anilines is 2. The van der Waals surface area contributed by atoms with Crippen molar-refractivity contribution in [1.82, 2.24) is 4.98 Å². The lowest BCUT2D eigenvalue weighted by atomic mass is 10.1. The summed E-state index contributed by atoms with van der Waals surface area (Å²) in [5.41, 5.74) is 2.44. The lowest BCUT2D eigenvalue weighted by Gasteiger charge is -2.22. The first-order chi connectivity index (χ1) is 9.11. The van der Waals surface area contributed by atoms with Gasteiger partial charge in [-0.25, -0.2) is 10.8 Å². The number of hydrogen-bond acceptors (Lipinski definition) is 6. The summed E-state index contributed by atoms with van der Waals surface area (Å²) >= 11 is 0. The van der Waals surface area contributed by atoms with Gasteiger partial charge < -0.3 is 10.3 Å². The van der Waals surface area contributed by atoms with Gasteiger partial charge in [0.25, 0.3) is 0 Å². The van der Waals surface area contributed by atoms with E-state index in [1.165, 1.54) is 37.8 Å². The molecule has 7 nitrogen and oxygen atoms in total. The van der Waals surface area contributed by atoms with Gasteiger partial charge in [-0.3, -0.25) is 10.1 Å². The van der Waals surface area contributed by atoms with Gasteiger partial charge >= 0.3 is 5.69 Å². The molecular weight excluding hydrogens is 246 g/mol. The standard InChI is InChI=1S/C12H19N5O2/c1-16(8-9-4-2-3-5-9)12-10(17(18)19)6-7-11(14-12)15-13/h6-7,9H,2-5,8,13H2,1H3,(H,14,15). The molecule has 7 heteroatoms. The van der Waals surface area contributed by atoms with Crippen LogP contribution >= 0.6 is 0 Å². The van der Waals surface area contributed by atoms with Crippen LogP contribution in [-0.2, 0) is 0 Å². The van der Waals surface area contributed by atoms with E-state index in [-0.39, 0.29) is 5.69 Å². The maximum absolute atomic E-state index is 11.1.